The van der Waals surface area contributed by atoms with Gasteiger partial charge in [0.2, 0.25) is 17.8 Å². The van der Waals surface area contributed by atoms with E-state index < -0.39 is 41.6 Å². The molecule has 1 aliphatic carbocycles. The molecule has 3 atom stereocenters. The smallest absolute Gasteiger partial charge is 0.272 e. The van der Waals surface area contributed by atoms with Gasteiger partial charge in [0.15, 0.2) is 0 Å². The van der Waals surface area contributed by atoms with Gasteiger partial charge in [-0.25, -0.2) is 9.37 Å². The summed E-state index contributed by atoms with van der Waals surface area (Å²) in [6.45, 7) is 1.95. The highest BCUT2D eigenvalue weighted by Gasteiger charge is 2.41. The fourth-order valence-electron chi connectivity index (χ4n) is 4.95. The molecule has 2 amide bonds. The van der Waals surface area contributed by atoms with Gasteiger partial charge in [-0.3, -0.25) is 19.4 Å². The van der Waals surface area contributed by atoms with Gasteiger partial charge in [-0.05, 0) is 37.3 Å². The largest absolute Gasteiger partial charge is 0.342 e. The van der Waals surface area contributed by atoms with Crippen molar-refractivity contribution in [2.75, 3.05) is 6.54 Å². The molecule has 0 radical (unpaired) electrons. The summed E-state index contributed by atoms with van der Waals surface area (Å²) < 4.78 is 30.8. The molecule has 10 heteroatoms. The molecule has 8 nitrogen and oxygen atoms in total. The van der Waals surface area contributed by atoms with Crippen molar-refractivity contribution < 1.29 is 18.4 Å². The molecule has 2 aliphatic rings. The zero-order valence-electron chi connectivity index (χ0n) is 21.0. The minimum absolute atomic E-state index is 0.0402. The Kier molecular flexibility index (Phi) is 7.31. The van der Waals surface area contributed by atoms with Crippen LogP contribution in [0.5, 0.6) is 0 Å². The molecule has 3 heterocycles. The van der Waals surface area contributed by atoms with Crippen molar-refractivity contribution in [3.8, 4) is 0 Å². The van der Waals surface area contributed by atoms with Gasteiger partial charge in [0.1, 0.15) is 17.9 Å². The van der Waals surface area contributed by atoms with Crippen LogP contribution in [0.3, 0.4) is 0 Å². The van der Waals surface area contributed by atoms with E-state index in [1.165, 1.54) is 17.0 Å². The second kappa shape index (κ2) is 10.8. The second-order valence-corrected chi connectivity index (χ2v) is 9.78. The molecule has 5 rings (SSSR count). The Morgan fingerprint density at radius 2 is 1.92 bits per heavy atom. The monoisotopic (exact) mass is 521 g/mol. The Labute approximate surface area is 218 Å². The maximum absolute atomic E-state index is 14.8. The van der Waals surface area contributed by atoms with Crippen LogP contribution in [0.2, 0.25) is 0 Å². The number of carbonyl (C=O) groups is 2. The fourth-order valence-corrected chi connectivity index (χ4v) is 4.95. The third kappa shape index (κ3) is 5.34. The Morgan fingerprint density at radius 1 is 1.16 bits per heavy atom. The molecule has 2 aromatic heterocycles. The van der Waals surface area contributed by atoms with E-state index in [1.54, 1.807) is 43.3 Å². The minimum atomic E-state index is -1.39. The molecule has 0 spiro atoms. The number of rotatable bonds is 8. The molecule has 1 saturated heterocycles. The van der Waals surface area contributed by atoms with Crippen molar-refractivity contribution in [3.63, 3.8) is 0 Å². The number of hydrogen-bond acceptors (Lipinski definition) is 5. The maximum atomic E-state index is 14.8. The number of pyridine rings is 1. The Hall–Kier alpha value is -3.95. The molecule has 38 heavy (non-hydrogen) atoms. The van der Waals surface area contributed by atoms with E-state index in [0.717, 1.165) is 17.7 Å². The van der Waals surface area contributed by atoms with Crippen LogP contribution in [0.15, 0.2) is 59.7 Å². The van der Waals surface area contributed by atoms with E-state index in [9.17, 15) is 23.2 Å². The molecular formula is C28H29F2N5O3. The summed E-state index contributed by atoms with van der Waals surface area (Å²) in [5, 5.41) is 2.87. The molecule has 3 aromatic rings. The van der Waals surface area contributed by atoms with Crippen LogP contribution in [0.25, 0.3) is 0 Å². The zero-order valence-corrected chi connectivity index (χ0v) is 21.0. The molecule has 0 unspecified atom stereocenters. The summed E-state index contributed by atoms with van der Waals surface area (Å²) in [5.41, 5.74) is 1.20. The van der Waals surface area contributed by atoms with E-state index in [2.05, 4.69) is 15.3 Å². The number of amides is 2. The van der Waals surface area contributed by atoms with Crippen molar-refractivity contribution in [1.29, 1.82) is 0 Å². The van der Waals surface area contributed by atoms with Gasteiger partial charge in [0.05, 0.1) is 24.7 Å². The minimum Gasteiger partial charge on any atom is -0.342 e. The number of benzene rings is 1. The second-order valence-electron chi connectivity index (χ2n) is 9.78. The quantitative estimate of drug-likeness (QED) is 0.460. The standard InChI is InChI=1S/C28H29F2N5O3/c1-2-34-13-12-31-22(28(34)38)15-24(36)35-16-19(29)14-23(35)27(37)33-25(18-6-4-3-5-7-18)21-11-10-20(17-8-9-17)26(30)32-21/h3-7,10-13,17,19,23,25H,2,8-9,14-16H2,1H3,(H,33,37)/t19-,23+,25+/m1/s1. The van der Waals surface area contributed by atoms with E-state index in [-0.39, 0.29) is 31.0 Å². The maximum Gasteiger partial charge on any atom is 0.272 e. The lowest BCUT2D eigenvalue weighted by atomic mass is 10.0. The van der Waals surface area contributed by atoms with Crippen LogP contribution in [-0.2, 0) is 22.6 Å². The van der Waals surface area contributed by atoms with Crippen LogP contribution in [0.1, 0.15) is 60.7 Å². The predicted octanol–water partition coefficient (Wildman–Crippen LogP) is 3.06. The van der Waals surface area contributed by atoms with Crippen LogP contribution >= 0.6 is 0 Å². The van der Waals surface area contributed by atoms with Crippen molar-refractivity contribution in [1.82, 2.24) is 24.8 Å². The van der Waals surface area contributed by atoms with Gasteiger partial charge >= 0.3 is 0 Å². The number of halogens is 2. The first-order valence-corrected chi connectivity index (χ1v) is 12.8. The normalized spacial score (nSPS) is 19.8. The SMILES string of the molecule is CCn1ccnc(CC(=O)N2C[C@H](F)C[C@H]2C(=O)N[C@@H](c2ccccc2)c2ccc(C3CC3)c(F)n2)c1=O. The summed E-state index contributed by atoms with van der Waals surface area (Å²) in [4.78, 5) is 48.5. The van der Waals surface area contributed by atoms with Crippen molar-refractivity contribution in [2.24, 2.45) is 0 Å². The fraction of sp³-hybridized carbons (Fsp3) is 0.393. The van der Waals surface area contributed by atoms with E-state index >= 15 is 0 Å². The summed E-state index contributed by atoms with van der Waals surface area (Å²) in [6, 6.07) is 10.5. The molecule has 2 fully saturated rings. The number of carbonyl (C=O) groups excluding carboxylic acids is 2. The van der Waals surface area contributed by atoms with Gasteiger partial charge < -0.3 is 14.8 Å². The van der Waals surface area contributed by atoms with Crippen LogP contribution in [-0.4, -0.2) is 50.0 Å². The molecule has 1 aliphatic heterocycles. The summed E-state index contributed by atoms with van der Waals surface area (Å²) in [7, 11) is 0. The zero-order chi connectivity index (χ0) is 26.8. The number of nitrogens with zero attached hydrogens (tertiary/aromatic N) is 4. The van der Waals surface area contributed by atoms with Gasteiger partial charge in [-0.15, -0.1) is 0 Å². The van der Waals surface area contributed by atoms with Crippen LogP contribution < -0.4 is 10.9 Å². The lowest BCUT2D eigenvalue weighted by Crippen LogP contribution is -2.48. The highest BCUT2D eigenvalue weighted by atomic mass is 19.1. The number of hydrogen-bond donors (Lipinski definition) is 1. The lowest BCUT2D eigenvalue weighted by molar-refractivity contribution is -0.138. The average molecular weight is 522 g/mol. The van der Waals surface area contributed by atoms with Gasteiger partial charge in [-0.1, -0.05) is 36.4 Å². The predicted molar refractivity (Wildman–Crippen MR) is 135 cm³/mol. The van der Waals surface area contributed by atoms with Crippen molar-refractivity contribution >= 4 is 11.8 Å². The molecule has 0 bridgehead atoms. The molecule has 1 saturated carbocycles. The number of nitrogens with one attached hydrogen (secondary N) is 1. The highest BCUT2D eigenvalue weighted by Crippen LogP contribution is 2.41. The Balaban J connectivity index is 1.38. The first-order chi connectivity index (χ1) is 18.4. The Bertz CT molecular complexity index is 1390. The average Bonchev–Trinajstić information content (AvgIpc) is 3.68. The third-order valence-corrected chi connectivity index (χ3v) is 7.15. The molecule has 1 N–H and O–H groups in total. The van der Waals surface area contributed by atoms with Gasteiger partial charge in [0.25, 0.3) is 5.56 Å². The van der Waals surface area contributed by atoms with E-state index in [4.69, 9.17) is 0 Å². The van der Waals surface area contributed by atoms with E-state index in [0.29, 0.717) is 23.4 Å². The summed E-state index contributed by atoms with van der Waals surface area (Å²) in [6.07, 6.45) is 2.91. The third-order valence-electron chi connectivity index (χ3n) is 7.15. The Morgan fingerprint density at radius 3 is 2.61 bits per heavy atom. The van der Waals surface area contributed by atoms with Crippen LogP contribution in [0.4, 0.5) is 8.78 Å². The van der Waals surface area contributed by atoms with Crippen LogP contribution in [0, 0.1) is 5.95 Å². The summed E-state index contributed by atoms with van der Waals surface area (Å²) in [5.74, 6) is -1.51. The first kappa shape index (κ1) is 25.7. The first-order valence-electron chi connectivity index (χ1n) is 12.8. The lowest BCUT2D eigenvalue weighted by Gasteiger charge is -2.26. The molecular weight excluding hydrogens is 492 g/mol. The van der Waals surface area contributed by atoms with Gasteiger partial charge in [-0.2, -0.15) is 4.39 Å². The number of likely N-dealkylation sites (tertiary alicyclic amines) is 1. The van der Waals surface area contributed by atoms with E-state index in [1.807, 2.05) is 6.07 Å². The van der Waals surface area contributed by atoms with Crippen molar-refractivity contribution in [2.45, 2.75) is 63.3 Å². The topological polar surface area (TPSA) is 97.2 Å². The number of alkyl halides is 1. The molecule has 198 valence electrons. The van der Waals surface area contributed by atoms with Crippen molar-refractivity contribution in [3.05, 3.63) is 93.7 Å². The molecule has 1 aromatic carbocycles. The number of aromatic nitrogens is 3. The summed E-state index contributed by atoms with van der Waals surface area (Å²) >= 11 is 0. The number of aryl methyl sites for hydroxylation is 1. The van der Waals surface area contributed by atoms with Gasteiger partial charge in [0, 0.05) is 30.9 Å². The highest BCUT2D eigenvalue weighted by molar-refractivity contribution is 5.89.